The molecule has 2 aliphatic carbocycles. The van der Waals surface area contributed by atoms with Crippen LogP contribution in [0.5, 0.6) is 0 Å². The van der Waals surface area contributed by atoms with E-state index in [1.807, 2.05) is 30.5 Å². The number of aromatic nitrogens is 1. The summed E-state index contributed by atoms with van der Waals surface area (Å²) in [7, 11) is 0. The number of fused-ring (bicyclic) bond motifs is 4. The highest BCUT2D eigenvalue weighted by molar-refractivity contribution is 6.28. The molecule has 0 amide bonds. The van der Waals surface area contributed by atoms with Gasteiger partial charge in [-0.05, 0) is 89.3 Å². The number of nitrogens with zero attached hydrogens (tertiary/aromatic N) is 1. The summed E-state index contributed by atoms with van der Waals surface area (Å²) in [4.78, 5) is 4.90. The number of rotatable bonds is 5. The van der Waals surface area contributed by atoms with E-state index in [1.165, 1.54) is 66.1 Å². The molecular weight excluding hydrogens is 631 g/mol. The normalized spacial score (nSPS) is 15.2. The number of dihydropyridines is 1. The van der Waals surface area contributed by atoms with Gasteiger partial charge in [-0.3, -0.25) is 10.4 Å². The zero-order valence-electron chi connectivity index (χ0n) is 28.4. The molecule has 6 aromatic carbocycles. The van der Waals surface area contributed by atoms with Gasteiger partial charge in [-0.1, -0.05) is 158 Å². The van der Waals surface area contributed by atoms with Crippen molar-refractivity contribution in [3.05, 3.63) is 192 Å². The zero-order chi connectivity index (χ0) is 34.6. The number of hydrogen-bond donors (Lipinski definition) is 2. The summed E-state index contributed by atoms with van der Waals surface area (Å²) in [6.45, 7) is 0.750. The number of benzene rings is 6. The van der Waals surface area contributed by atoms with Crippen molar-refractivity contribution >= 4 is 33.3 Å². The van der Waals surface area contributed by atoms with E-state index in [1.54, 1.807) is 0 Å². The summed E-state index contributed by atoms with van der Waals surface area (Å²) in [6.07, 6.45) is 16.3. The molecule has 2 N–H and O–H groups in total. The third kappa shape index (κ3) is 4.74. The van der Waals surface area contributed by atoms with Crippen molar-refractivity contribution in [3.8, 4) is 55.8 Å². The van der Waals surface area contributed by atoms with Gasteiger partial charge >= 0.3 is 0 Å². The van der Waals surface area contributed by atoms with Gasteiger partial charge in [0, 0.05) is 23.9 Å². The van der Waals surface area contributed by atoms with Crippen molar-refractivity contribution in [1.29, 1.82) is 5.41 Å². The lowest BCUT2D eigenvalue weighted by atomic mass is 9.82. The van der Waals surface area contributed by atoms with Crippen molar-refractivity contribution in [2.45, 2.75) is 0 Å². The minimum atomic E-state index is 0.523. The van der Waals surface area contributed by atoms with E-state index < -0.39 is 0 Å². The zero-order valence-corrected chi connectivity index (χ0v) is 28.4. The van der Waals surface area contributed by atoms with Crippen LogP contribution >= 0.6 is 0 Å². The smallest absolute Gasteiger partial charge is 0.0849 e. The van der Waals surface area contributed by atoms with Gasteiger partial charge in [-0.25, -0.2) is 0 Å². The third-order valence-electron chi connectivity index (χ3n) is 10.5. The number of hydrogen-bond acceptors (Lipinski definition) is 3. The molecule has 1 aliphatic heterocycles. The lowest BCUT2D eigenvalue weighted by Crippen LogP contribution is -2.26. The molecule has 3 aliphatic rings. The van der Waals surface area contributed by atoms with Gasteiger partial charge in [0.25, 0.3) is 0 Å². The predicted octanol–water partition coefficient (Wildman–Crippen LogP) is 12.0. The molecule has 0 spiro atoms. The molecule has 0 saturated heterocycles. The highest BCUT2D eigenvalue weighted by atomic mass is 14.9. The Balaban J connectivity index is 1.13. The van der Waals surface area contributed by atoms with E-state index >= 15 is 0 Å². The SMILES string of the molecule is N=C1C2=C(C=CCN2)C=C/C1=C/C=C/c1ccnc(-c2ccc3c4c(cccc24)-c2c-3c(-c3ccccc3)c3ccccc3c2-c2ccccc2)c1. The first-order valence-corrected chi connectivity index (χ1v) is 17.8. The van der Waals surface area contributed by atoms with Gasteiger partial charge in [0.15, 0.2) is 0 Å². The number of pyridine rings is 1. The molecule has 2 heterocycles. The minimum absolute atomic E-state index is 0.523. The van der Waals surface area contributed by atoms with Crippen molar-refractivity contribution in [1.82, 2.24) is 10.3 Å². The van der Waals surface area contributed by atoms with Crippen molar-refractivity contribution < 1.29 is 0 Å². The fraction of sp³-hybridized carbons (Fsp3) is 0.0204. The van der Waals surface area contributed by atoms with Gasteiger partial charge in [0.05, 0.1) is 17.1 Å². The molecule has 0 bridgehead atoms. The Morgan fingerprint density at radius 1 is 0.596 bits per heavy atom. The number of allylic oxidation sites excluding steroid dienone is 7. The van der Waals surface area contributed by atoms with Gasteiger partial charge in [-0.2, -0.15) is 0 Å². The fourth-order valence-electron chi connectivity index (χ4n) is 8.24. The standard InChI is InChI=1S/C49H33N3/c50-48-34(23-24-35-18-11-28-52-49(35)48)17-9-12-31-27-29-51-42(30-31)36-25-26-41-45-37(36)21-10-22-40(45)46-43(32-13-3-1-4-14-32)38-19-7-8-20-39(38)44(47(41)46)33-15-5-2-6-16-33/h1-27,29-30,50,52H,28H2/b12-9+,34-17-,50-48?. The summed E-state index contributed by atoms with van der Waals surface area (Å²) in [5.41, 5.74) is 16.6. The van der Waals surface area contributed by atoms with Crippen LogP contribution in [-0.2, 0) is 0 Å². The van der Waals surface area contributed by atoms with Crippen LogP contribution in [0.25, 0.3) is 83.4 Å². The Kier molecular flexibility index (Phi) is 7.04. The molecule has 3 nitrogen and oxygen atoms in total. The third-order valence-corrected chi connectivity index (χ3v) is 10.5. The molecular formula is C49H33N3. The quantitative estimate of drug-likeness (QED) is 0.193. The Labute approximate surface area is 302 Å². The summed E-state index contributed by atoms with van der Waals surface area (Å²) >= 11 is 0. The first-order valence-electron chi connectivity index (χ1n) is 17.8. The Morgan fingerprint density at radius 3 is 1.98 bits per heavy atom. The highest BCUT2D eigenvalue weighted by Crippen LogP contribution is 2.58. The molecule has 7 aromatic rings. The van der Waals surface area contributed by atoms with Crippen LogP contribution in [-0.4, -0.2) is 17.2 Å². The van der Waals surface area contributed by atoms with E-state index in [2.05, 4.69) is 151 Å². The molecule has 0 radical (unpaired) electrons. The first-order chi connectivity index (χ1) is 25.7. The minimum Gasteiger partial charge on any atom is -0.379 e. The molecule has 244 valence electrons. The molecule has 0 saturated carbocycles. The van der Waals surface area contributed by atoms with Crippen LogP contribution in [0.3, 0.4) is 0 Å². The molecule has 52 heavy (non-hydrogen) atoms. The fourth-order valence-corrected chi connectivity index (χ4v) is 8.24. The predicted molar refractivity (Wildman–Crippen MR) is 218 cm³/mol. The van der Waals surface area contributed by atoms with Crippen molar-refractivity contribution in [2.24, 2.45) is 0 Å². The maximum Gasteiger partial charge on any atom is 0.0849 e. The number of nitrogens with one attached hydrogen (secondary N) is 2. The Morgan fingerprint density at radius 2 is 1.25 bits per heavy atom. The van der Waals surface area contributed by atoms with Gasteiger partial charge < -0.3 is 5.32 Å². The van der Waals surface area contributed by atoms with Gasteiger partial charge in [0.1, 0.15) is 0 Å². The second kappa shape index (κ2) is 12.2. The lowest BCUT2D eigenvalue weighted by molar-refractivity contribution is 0.919. The lowest BCUT2D eigenvalue weighted by Gasteiger charge is -2.21. The summed E-state index contributed by atoms with van der Waals surface area (Å²) < 4.78 is 0. The second-order valence-corrected chi connectivity index (χ2v) is 13.4. The van der Waals surface area contributed by atoms with E-state index in [0.717, 1.165) is 40.2 Å². The largest absolute Gasteiger partial charge is 0.379 e. The van der Waals surface area contributed by atoms with Gasteiger partial charge in [0.2, 0.25) is 0 Å². The summed E-state index contributed by atoms with van der Waals surface area (Å²) in [5.74, 6) is 0. The average molecular weight is 664 g/mol. The Bertz CT molecular complexity index is 2690. The van der Waals surface area contributed by atoms with Crippen LogP contribution in [0.15, 0.2) is 187 Å². The molecule has 3 heteroatoms. The molecule has 0 unspecified atom stereocenters. The van der Waals surface area contributed by atoms with Crippen LogP contribution in [0.1, 0.15) is 5.56 Å². The van der Waals surface area contributed by atoms with E-state index in [-0.39, 0.29) is 0 Å². The van der Waals surface area contributed by atoms with E-state index in [0.29, 0.717) is 5.71 Å². The molecule has 0 fully saturated rings. The second-order valence-electron chi connectivity index (χ2n) is 13.4. The highest BCUT2D eigenvalue weighted by Gasteiger charge is 2.31. The molecule has 10 rings (SSSR count). The molecule has 0 atom stereocenters. The van der Waals surface area contributed by atoms with Crippen LogP contribution in [0, 0.1) is 5.41 Å². The van der Waals surface area contributed by atoms with E-state index in [9.17, 15) is 0 Å². The van der Waals surface area contributed by atoms with Crippen LogP contribution < -0.4 is 5.32 Å². The van der Waals surface area contributed by atoms with Crippen LogP contribution in [0.4, 0.5) is 0 Å². The molecule has 1 aromatic heterocycles. The first kappa shape index (κ1) is 30.0. The maximum atomic E-state index is 8.71. The van der Waals surface area contributed by atoms with Crippen molar-refractivity contribution in [3.63, 3.8) is 0 Å². The average Bonchev–Trinajstić information content (AvgIpc) is 3.53. The van der Waals surface area contributed by atoms with Crippen molar-refractivity contribution in [2.75, 3.05) is 6.54 Å². The van der Waals surface area contributed by atoms with E-state index in [4.69, 9.17) is 10.4 Å². The Hall–Kier alpha value is -6.84. The summed E-state index contributed by atoms with van der Waals surface area (Å²) in [5, 5.41) is 17.0. The summed E-state index contributed by atoms with van der Waals surface area (Å²) in [6, 6.07) is 46.1. The topological polar surface area (TPSA) is 48.8 Å². The maximum absolute atomic E-state index is 8.71. The monoisotopic (exact) mass is 663 g/mol. The van der Waals surface area contributed by atoms with Crippen LogP contribution in [0.2, 0.25) is 0 Å². The van der Waals surface area contributed by atoms with Gasteiger partial charge in [-0.15, -0.1) is 0 Å².